The summed E-state index contributed by atoms with van der Waals surface area (Å²) >= 11 is 0. The van der Waals surface area contributed by atoms with Gasteiger partial charge >= 0.3 is 0 Å². The van der Waals surface area contributed by atoms with Crippen LogP contribution in [-0.2, 0) is 4.79 Å². The predicted molar refractivity (Wildman–Crippen MR) is 85.6 cm³/mol. The van der Waals surface area contributed by atoms with Gasteiger partial charge in [-0.2, -0.15) is 4.98 Å². The first-order valence-electron chi connectivity index (χ1n) is 7.71. The zero-order chi connectivity index (χ0) is 16.5. The minimum Gasteiger partial charge on any atom is -0.482 e. The summed E-state index contributed by atoms with van der Waals surface area (Å²) in [5.74, 6) is 1.88. The maximum absolute atomic E-state index is 12.1. The van der Waals surface area contributed by atoms with Crippen molar-refractivity contribution in [2.45, 2.75) is 13.3 Å². The van der Waals surface area contributed by atoms with Gasteiger partial charge < -0.3 is 18.6 Å². The first kappa shape index (κ1) is 14.5. The van der Waals surface area contributed by atoms with Crippen molar-refractivity contribution in [1.29, 1.82) is 0 Å². The Morgan fingerprint density at radius 2 is 2.21 bits per heavy atom. The van der Waals surface area contributed by atoms with E-state index in [0.29, 0.717) is 29.8 Å². The Morgan fingerprint density at radius 3 is 3.00 bits per heavy atom. The second kappa shape index (κ2) is 5.84. The van der Waals surface area contributed by atoms with Crippen molar-refractivity contribution in [2.75, 3.05) is 18.1 Å². The van der Waals surface area contributed by atoms with E-state index in [-0.39, 0.29) is 12.5 Å². The molecule has 2 aromatic heterocycles. The normalized spacial score (nSPS) is 13.7. The van der Waals surface area contributed by atoms with Crippen LogP contribution in [0.15, 0.2) is 45.5 Å². The molecule has 1 aliphatic rings. The fourth-order valence-corrected chi connectivity index (χ4v) is 2.65. The Hall–Kier alpha value is -3.09. The number of rotatable bonds is 4. The van der Waals surface area contributed by atoms with Gasteiger partial charge in [0.25, 0.3) is 11.8 Å². The molecule has 0 atom stereocenters. The van der Waals surface area contributed by atoms with Crippen molar-refractivity contribution in [3.05, 3.63) is 36.6 Å². The number of amides is 1. The quantitative estimate of drug-likeness (QED) is 0.733. The summed E-state index contributed by atoms with van der Waals surface area (Å²) in [6.45, 7) is 2.74. The third kappa shape index (κ3) is 2.44. The molecule has 0 saturated carbocycles. The highest BCUT2D eigenvalue weighted by Crippen LogP contribution is 2.35. The average molecular weight is 325 g/mol. The van der Waals surface area contributed by atoms with Crippen molar-refractivity contribution in [2.24, 2.45) is 0 Å². The lowest BCUT2D eigenvalue weighted by atomic mass is 10.1. The number of benzene rings is 1. The lowest BCUT2D eigenvalue weighted by Gasteiger charge is -2.29. The molecule has 3 heterocycles. The van der Waals surface area contributed by atoms with Crippen LogP contribution < -0.4 is 9.64 Å². The van der Waals surface area contributed by atoms with Crippen LogP contribution in [0.25, 0.3) is 23.0 Å². The van der Waals surface area contributed by atoms with Crippen molar-refractivity contribution >= 4 is 11.6 Å². The molecule has 7 nitrogen and oxygen atoms in total. The van der Waals surface area contributed by atoms with E-state index in [1.54, 1.807) is 23.3 Å². The maximum Gasteiger partial charge on any atom is 0.293 e. The number of hydrogen-bond acceptors (Lipinski definition) is 6. The van der Waals surface area contributed by atoms with E-state index < -0.39 is 0 Å². The Kier molecular flexibility index (Phi) is 3.53. The smallest absolute Gasteiger partial charge is 0.293 e. The van der Waals surface area contributed by atoms with E-state index in [0.717, 1.165) is 17.7 Å². The Labute approximate surface area is 137 Å². The number of carbonyl (C=O) groups excluding carboxylic acids is 1. The SMILES string of the molecule is CCCN1C(=O)COc2ccc(-c3noc(-c4ccco4)n3)cc21. The van der Waals surface area contributed by atoms with Crippen LogP contribution in [0.2, 0.25) is 0 Å². The van der Waals surface area contributed by atoms with Crippen molar-refractivity contribution in [3.63, 3.8) is 0 Å². The van der Waals surface area contributed by atoms with E-state index in [4.69, 9.17) is 13.7 Å². The number of aromatic nitrogens is 2. The number of ether oxygens (including phenoxy) is 1. The van der Waals surface area contributed by atoms with Crippen LogP contribution >= 0.6 is 0 Å². The van der Waals surface area contributed by atoms with Gasteiger partial charge in [-0.25, -0.2) is 0 Å². The molecule has 0 N–H and O–H groups in total. The molecule has 0 unspecified atom stereocenters. The summed E-state index contributed by atoms with van der Waals surface area (Å²) in [6.07, 6.45) is 2.41. The first-order chi connectivity index (χ1) is 11.8. The molecular formula is C17H15N3O4. The summed E-state index contributed by atoms with van der Waals surface area (Å²) in [5, 5.41) is 3.99. The molecular weight excluding hydrogens is 310 g/mol. The highest BCUT2D eigenvalue weighted by Gasteiger charge is 2.26. The molecule has 3 aromatic rings. The second-order valence-corrected chi connectivity index (χ2v) is 5.42. The van der Waals surface area contributed by atoms with Crippen molar-refractivity contribution < 1.29 is 18.5 Å². The Morgan fingerprint density at radius 1 is 1.29 bits per heavy atom. The van der Waals surface area contributed by atoms with E-state index in [1.165, 1.54) is 0 Å². The lowest BCUT2D eigenvalue weighted by molar-refractivity contribution is -0.121. The van der Waals surface area contributed by atoms with Crippen LogP contribution in [0.5, 0.6) is 5.75 Å². The molecule has 0 aliphatic carbocycles. The maximum atomic E-state index is 12.1. The molecule has 122 valence electrons. The minimum atomic E-state index is -0.0501. The number of furan rings is 1. The van der Waals surface area contributed by atoms with Crippen LogP contribution in [0.3, 0.4) is 0 Å². The zero-order valence-corrected chi connectivity index (χ0v) is 13.1. The van der Waals surface area contributed by atoms with Gasteiger partial charge in [-0.05, 0) is 36.8 Å². The van der Waals surface area contributed by atoms with Crippen molar-refractivity contribution in [1.82, 2.24) is 10.1 Å². The van der Waals surface area contributed by atoms with E-state index in [1.807, 2.05) is 25.1 Å². The Balaban J connectivity index is 1.71. The zero-order valence-electron chi connectivity index (χ0n) is 13.1. The van der Waals surface area contributed by atoms with Crippen LogP contribution in [0.1, 0.15) is 13.3 Å². The molecule has 0 fully saturated rings. The van der Waals surface area contributed by atoms with E-state index in [9.17, 15) is 4.79 Å². The number of nitrogens with zero attached hydrogens (tertiary/aromatic N) is 3. The lowest BCUT2D eigenvalue weighted by Crippen LogP contribution is -2.39. The summed E-state index contributed by atoms with van der Waals surface area (Å²) in [4.78, 5) is 18.2. The first-order valence-corrected chi connectivity index (χ1v) is 7.71. The predicted octanol–water partition coefficient (Wildman–Crippen LogP) is 3.13. The molecule has 0 bridgehead atoms. The highest BCUT2D eigenvalue weighted by molar-refractivity contribution is 5.98. The molecule has 1 amide bonds. The van der Waals surface area contributed by atoms with Gasteiger partial charge in [0.2, 0.25) is 5.82 Å². The molecule has 1 aromatic carbocycles. The third-order valence-corrected chi connectivity index (χ3v) is 3.77. The second-order valence-electron chi connectivity index (χ2n) is 5.42. The average Bonchev–Trinajstić information content (AvgIpc) is 3.28. The van der Waals surface area contributed by atoms with E-state index in [2.05, 4.69) is 10.1 Å². The fraction of sp³-hybridized carbons (Fsp3) is 0.235. The molecule has 4 rings (SSSR count). The molecule has 0 saturated heterocycles. The number of carbonyl (C=O) groups is 1. The van der Waals surface area contributed by atoms with Gasteiger partial charge in [-0.1, -0.05) is 12.1 Å². The highest BCUT2D eigenvalue weighted by atomic mass is 16.5. The fourth-order valence-electron chi connectivity index (χ4n) is 2.65. The molecule has 7 heteroatoms. The standard InChI is InChI=1S/C17H15N3O4/c1-2-7-20-12-9-11(5-6-13(12)23-10-15(20)21)16-18-17(24-19-16)14-4-3-8-22-14/h3-6,8-9H,2,7,10H2,1H3. The molecule has 24 heavy (non-hydrogen) atoms. The van der Waals surface area contributed by atoms with Gasteiger partial charge in [0.1, 0.15) is 5.75 Å². The van der Waals surface area contributed by atoms with Crippen molar-refractivity contribution in [3.8, 4) is 28.8 Å². The largest absolute Gasteiger partial charge is 0.482 e. The van der Waals surface area contributed by atoms with Crippen LogP contribution in [0.4, 0.5) is 5.69 Å². The summed E-state index contributed by atoms with van der Waals surface area (Å²) < 4.78 is 16.0. The van der Waals surface area contributed by atoms with Crippen LogP contribution in [-0.4, -0.2) is 29.2 Å². The minimum absolute atomic E-state index is 0.0501. The summed E-state index contributed by atoms with van der Waals surface area (Å²) in [5.41, 5.74) is 1.48. The Bertz CT molecular complexity index is 870. The summed E-state index contributed by atoms with van der Waals surface area (Å²) in [6, 6.07) is 9.01. The third-order valence-electron chi connectivity index (χ3n) is 3.77. The van der Waals surface area contributed by atoms with Gasteiger partial charge in [0, 0.05) is 12.1 Å². The number of anilines is 1. The van der Waals surface area contributed by atoms with Gasteiger partial charge in [-0.15, -0.1) is 0 Å². The van der Waals surface area contributed by atoms with Gasteiger partial charge in [0.15, 0.2) is 12.4 Å². The monoisotopic (exact) mass is 325 g/mol. The molecule has 0 spiro atoms. The summed E-state index contributed by atoms with van der Waals surface area (Å²) in [7, 11) is 0. The topological polar surface area (TPSA) is 81.6 Å². The number of hydrogen-bond donors (Lipinski definition) is 0. The molecule has 0 radical (unpaired) electrons. The van der Waals surface area contributed by atoms with E-state index >= 15 is 0 Å². The van der Waals surface area contributed by atoms with Gasteiger partial charge in [-0.3, -0.25) is 4.79 Å². The number of fused-ring (bicyclic) bond motifs is 1. The van der Waals surface area contributed by atoms with Gasteiger partial charge in [0.05, 0.1) is 12.0 Å². The molecule has 1 aliphatic heterocycles. The van der Waals surface area contributed by atoms with Crippen LogP contribution in [0, 0.1) is 0 Å².